The van der Waals surface area contributed by atoms with Gasteiger partial charge in [-0.15, -0.1) is 0 Å². The van der Waals surface area contributed by atoms with Crippen molar-refractivity contribution in [3.05, 3.63) is 54.4 Å². The van der Waals surface area contributed by atoms with Gasteiger partial charge >= 0.3 is 0 Å². The average molecular weight is 326 g/mol. The molecular weight excluding hydrogens is 308 g/mol. The maximum Gasteiger partial charge on any atom is 0.173 e. The van der Waals surface area contributed by atoms with E-state index in [1.165, 1.54) is 0 Å². The maximum atomic E-state index is 8.84. The topological polar surface area (TPSA) is 61.2 Å². The Morgan fingerprint density at radius 3 is 2.74 bits per heavy atom. The zero-order chi connectivity index (χ0) is 16.5. The van der Waals surface area contributed by atoms with Gasteiger partial charge in [0, 0.05) is 31.2 Å². The van der Waals surface area contributed by atoms with E-state index in [4.69, 9.17) is 22.2 Å². The van der Waals surface area contributed by atoms with Crippen molar-refractivity contribution in [1.29, 1.82) is 5.26 Å². The van der Waals surface area contributed by atoms with Crippen LogP contribution in [0, 0.1) is 11.3 Å². The molecule has 2 rings (SSSR count). The molecule has 0 saturated heterocycles. The second-order valence-corrected chi connectivity index (χ2v) is 5.24. The van der Waals surface area contributed by atoms with Gasteiger partial charge in [-0.1, -0.05) is 6.07 Å². The molecule has 0 aliphatic rings. The van der Waals surface area contributed by atoms with Gasteiger partial charge in [-0.05, 0) is 48.1 Å². The fourth-order valence-corrected chi connectivity index (χ4v) is 2.30. The summed E-state index contributed by atoms with van der Waals surface area (Å²) in [6.45, 7) is 1.17. The van der Waals surface area contributed by atoms with E-state index in [0.717, 1.165) is 17.0 Å². The molecule has 0 radical (unpaired) electrons. The Bertz CT molecular complexity index is 667. The number of benzene rings is 1. The van der Waals surface area contributed by atoms with Gasteiger partial charge in [0.25, 0.3) is 0 Å². The molecule has 23 heavy (non-hydrogen) atoms. The monoisotopic (exact) mass is 326 g/mol. The Hall–Kier alpha value is -2.65. The number of pyridine rings is 1. The first-order chi connectivity index (χ1) is 11.2. The average Bonchev–Trinajstić information content (AvgIpc) is 2.60. The van der Waals surface area contributed by atoms with E-state index in [0.29, 0.717) is 24.6 Å². The first-order valence-corrected chi connectivity index (χ1v) is 7.59. The predicted octanol–water partition coefficient (Wildman–Crippen LogP) is 3.20. The number of anilines is 1. The molecule has 1 N–H and O–H groups in total. The summed E-state index contributed by atoms with van der Waals surface area (Å²) < 4.78 is 5.14. The van der Waals surface area contributed by atoms with E-state index >= 15 is 0 Å². The van der Waals surface area contributed by atoms with E-state index in [-0.39, 0.29) is 0 Å². The summed E-state index contributed by atoms with van der Waals surface area (Å²) >= 11 is 5.48. The second-order valence-electron chi connectivity index (χ2n) is 4.85. The van der Waals surface area contributed by atoms with E-state index in [9.17, 15) is 0 Å². The fraction of sp³-hybridized carbons (Fsp3) is 0.235. The van der Waals surface area contributed by atoms with Crippen LogP contribution in [0.2, 0.25) is 0 Å². The van der Waals surface area contributed by atoms with Crippen molar-refractivity contribution in [3.8, 4) is 11.8 Å². The van der Waals surface area contributed by atoms with Gasteiger partial charge in [0.1, 0.15) is 5.75 Å². The fourth-order valence-electron chi connectivity index (χ4n) is 2.03. The van der Waals surface area contributed by atoms with Crippen molar-refractivity contribution in [2.75, 3.05) is 19.0 Å². The van der Waals surface area contributed by atoms with Crippen LogP contribution in [0.3, 0.4) is 0 Å². The third-order valence-electron chi connectivity index (χ3n) is 3.22. The molecule has 1 heterocycles. The standard InChI is InChI=1S/C17H18N4OS/c1-22-16-7-5-15(6-8-16)20-17(23)21(11-3-9-18)13-14-4-2-10-19-12-14/h2,4-8,10,12H,3,11,13H2,1H3,(H,20,23). The molecular formula is C17H18N4OS. The zero-order valence-corrected chi connectivity index (χ0v) is 13.7. The van der Waals surface area contributed by atoms with Gasteiger partial charge < -0.3 is 15.0 Å². The van der Waals surface area contributed by atoms with Crippen LogP contribution < -0.4 is 10.1 Å². The molecule has 118 valence electrons. The van der Waals surface area contributed by atoms with E-state index in [2.05, 4.69) is 16.4 Å². The summed E-state index contributed by atoms with van der Waals surface area (Å²) in [5, 5.41) is 12.6. The lowest BCUT2D eigenvalue weighted by molar-refractivity contribution is 0.415. The molecule has 0 amide bonds. The van der Waals surface area contributed by atoms with Crippen molar-refractivity contribution >= 4 is 23.0 Å². The number of aromatic nitrogens is 1. The summed E-state index contributed by atoms with van der Waals surface area (Å²) in [7, 11) is 1.63. The maximum absolute atomic E-state index is 8.84. The SMILES string of the molecule is COc1ccc(NC(=S)N(CCC#N)Cc2cccnc2)cc1. The number of ether oxygens (including phenoxy) is 1. The van der Waals surface area contributed by atoms with Crippen LogP contribution >= 0.6 is 12.2 Å². The van der Waals surface area contributed by atoms with E-state index in [1.54, 1.807) is 19.5 Å². The van der Waals surface area contributed by atoms with E-state index < -0.39 is 0 Å². The summed E-state index contributed by atoms with van der Waals surface area (Å²) in [5.41, 5.74) is 1.92. The van der Waals surface area contributed by atoms with Crippen LogP contribution in [0.15, 0.2) is 48.8 Å². The van der Waals surface area contributed by atoms with Gasteiger partial charge in [0.2, 0.25) is 0 Å². The van der Waals surface area contributed by atoms with Crippen molar-refractivity contribution in [2.24, 2.45) is 0 Å². The first kappa shape index (κ1) is 16.7. The summed E-state index contributed by atoms with van der Waals surface area (Å²) in [4.78, 5) is 6.07. The third kappa shape index (κ3) is 5.24. The van der Waals surface area contributed by atoms with Crippen LogP contribution in [0.25, 0.3) is 0 Å². The lowest BCUT2D eigenvalue weighted by Gasteiger charge is -2.25. The summed E-state index contributed by atoms with van der Waals surface area (Å²) in [5.74, 6) is 0.790. The smallest absolute Gasteiger partial charge is 0.173 e. The molecule has 5 nitrogen and oxygen atoms in total. The third-order valence-corrected chi connectivity index (χ3v) is 3.58. The number of nitriles is 1. The largest absolute Gasteiger partial charge is 0.497 e. The molecule has 6 heteroatoms. The van der Waals surface area contributed by atoms with Crippen LogP contribution in [0.4, 0.5) is 5.69 Å². The number of nitrogens with one attached hydrogen (secondary N) is 1. The number of rotatable bonds is 6. The molecule has 2 aromatic rings. The molecule has 0 unspecified atom stereocenters. The van der Waals surface area contributed by atoms with Crippen LogP contribution in [0.5, 0.6) is 5.75 Å². The molecule has 1 aromatic heterocycles. The highest BCUT2D eigenvalue weighted by molar-refractivity contribution is 7.80. The van der Waals surface area contributed by atoms with Crippen molar-refractivity contribution in [3.63, 3.8) is 0 Å². The Balaban J connectivity index is 2.04. The highest BCUT2D eigenvalue weighted by Crippen LogP contribution is 2.16. The van der Waals surface area contributed by atoms with E-state index in [1.807, 2.05) is 41.3 Å². The molecule has 0 saturated carbocycles. The predicted molar refractivity (Wildman–Crippen MR) is 94.1 cm³/mol. The lowest BCUT2D eigenvalue weighted by atomic mass is 10.2. The Morgan fingerprint density at radius 2 is 2.13 bits per heavy atom. The quantitative estimate of drug-likeness (QED) is 0.823. The number of hydrogen-bond donors (Lipinski definition) is 1. The molecule has 0 atom stereocenters. The molecule has 0 spiro atoms. The minimum Gasteiger partial charge on any atom is -0.497 e. The van der Waals surface area contributed by atoms with Gasteiger partial charge in [-0.3, -0.25) is 4.98 Å². The van der Waals surface area contributed by atoms with Crippen LogP contribution in [-0.2, 0) is 6.54 Å². The number of thiocarbonyl (C=S) groups is 1. The molecule has 0 aliphatic carbocycles. The van der Waals surface area contributed by atoms with Crippen LogP contribution in [0.1, 0.15) is 12.0 Å². The number of hydrogen-bond acceptors (Lipinski definition) is 4. The van der Waals surface area contributed by atoms with Crippen molar-refractivity contribution in [1.82, 2.24) is 9.88 Å². The van der Waals surface area contributed by atoms with Gasteiger partial charge in [0.15, 0.2) is 5.11 Å². The first-order valence-electron chi connectivity index (χ1n) is 7.19. The minimum atomic E-state index is 0.407. The molecule has 0 aliphatic heterocycles. The highest BCUT2D eigenvalue weighted by atomic mass is 32.1. The van der Waals surface area contributed by atoms with Crippen molar-refractivity contribution < 1.29 is 4.74 Å². The lowest BCUT2D eigenvalue weighted by Crippen LogP contribution is -2.35. The van der Waals surface area contributed by atoms with Crippen molar-refractivity contribution in [2.45, 2.75) is 13.0 Å². The Kier molecular flexibility index (Phi) is 6.33. The normalized spacial score (nSPS) is 9.74. The number of methoxy groups -OCH3 is 1. The van der Waals surface area contributed by atoms with Gasteiger partial charge in [0.05, 0.1) is 19.6 Å². The zero-order valence-electron chi connectivity index (χ0n) is 12.9. The second kappa shape index (κ2) is 8.71. The summed E-state index contributed by atoms with van der Waals surface area (Å²) in [6, 6.07) is 13.6. The highest BCUT2D eigenvalue weighted by Gasteiger charge is 2.10. The molecule has 1 aromatic carbocycles. The summed E-state index contributed by atoms with van der Waals surface area (Å²) in [6.07, 6.45) is 3.94. The van der Waals surface area contributed by atoms with Gasteiger partial charge in [-0.2, -0.15) is 5.26 Å². The molecule has 0 bridgehead atoms. The van der Waals surface area contributed by atoms with Gasteiger partial charge in [-0.25, -0.2) is 0 Å². The minimum absolute atomic E-state index is 0.407. The number of nitrogens with zero attached hydrogens (tertiary/aromatic N) is 3. The Labute approximate surface area is 141 Å². The van der Waals surface area contributed by atoms with Crippen LogP contribution in [-0.4, -0.2) is 28.7 Å². The Morgan fingerprint density at radius 1 is 1.35 bits per heavy atom. The molecule has 0 fully saturated rings.